The normalized spacial score (nSPS) is 30.1. The first-order chi connectivity index (χ1) is 5.68. The number of ether oxygens (including phenoxy) is 1. The van der Waals surface area contributed by atoms with E-state index in [1.807, 2.05) is 6.92 Å². The molecule has 1 unspecified atom stereocenters. The summed E-state index contributed by atoms with van der Waals surface area (Å²) in [7, 11) is 0. The maximum atomic E-state index is 10.6. The third kappa shape index (κ3) is 2.21. The molecule has 3 nitrogen and oxygen atoms in total. The Morgan fingerprint density at radius 2 is 2.42 bits per heavy atom. The molecular weight excluding hydrogens is 156 g/mol. The van der Waals surface area contributed by atoms with Crippen LogP contribution in [0.1, 0.15) is 32.6 Å². The smallest absolute Gasteiger partial charge is 0.303 e. The molecular formula is C9H16O3. The standard InChI is InChI=1S/C9H16O3/c1-2-9(6-8(10)11)4-3-5-12-7-9/h2-7H2,1H3,(H,10,11). The molecule has 1 N–H and O–H groups in total. The Labute approximate surface area is 72.7 Å². The lowest BCUT2D eigenvalue weighted by Crippen LogP contribution is -2.33. The number of aliphatic carboxylic acids is 1. The van der Waals surface area contributed by atoms with Crippen LogP contribution in [0.2, 0.25) is 0 Å². The lowest BCUT2D eigenvalue weighted by Gasteiger charge is -2.34. The van der Waals surface area contributed by atoms with Gasteiger partial charge in [-0.2, -0.15) is 0 Å². The summed E-state index contributed by atoms with van der Waals surface area (Å²) >= 11 is 0. The van der Waals surface area contributed by atoms with Gasteiger partial charge in [0, 0.05) is 12.0 Å². The highest BCUT2D eigenvalue weighted by molar-refractivity contribution is 5.67. The van der Waals surface area contributed by atoms with E-state index >= 15 is 0 Å². The van der Waals surface area contributed by atoms with Crippen molar-refractivity contribution in [3.8, 4) is 0 Å². The van der Waals surface area contributed by atoms with Gasteiger partial charge in [0.25, 0.3) is 0 Å². The molecule has 12 heavy (non-hydrogen) atoms. The predicted octanol–water partition coefficient (Wildman–Crippen LogP) is 1.67. The van der Waals surface area contributed by atoms with Gasteiger partial charge in [0.2, 0.25) is 0 Å². The molecule has 0 aliphatic carbocycles. The highest BCUT2D eigenvalue weighted by atomic mass is 16.5. The summed E-state index contributed by atoms with van der Waals surface area (Å²) in [5, 5.41) is 8.71. The molecule has 1 heterocycles. The van der Waals surface area contributed by atoms with Crippen molar-refractivity contribution in [2.24, 2.45) is 5.41 Å². The Morgan fingerprint density at radius 1 is 1.67 bits per heavy atom. The van der Waals surface area contributed by atoms with Crippen molar-refractivity contribution < 1.29 is 14.6 Å². The molecule has 1 fully saturated rings. The van der Waals surface area contributed by atoms with Crippen LogP contribution < -0.4 is 0 Å². The van der Waals surface area contributed by atoms with E-state index in [2.05, 4.69) is 0 Å². The molecule has 0 saturated carbocycles. The first-order valence-electron chi connectivity index (χ1n) is 4.48. The van der Waals surface area contributed by atoms with Crippen molar-refractivity contribution in [3.05, 3.63) is 0 Å². The minimum absolute atomic E-state index is 0.0793. The molecule has 0 aromatic carbocycles. The fourth-order valence-electron chi connectivity index (χ4n) is 1.77. The summed E-state index contributed by atoms with van der Waals surface area (Å²) in [6.07, 6.45) is 3.15. The highest BCUT2D eigenvalue weighted by Gasteiger charge is 2.33. The van der Waals surface area contributed by atoms with Crippen molar-refractivity contribution >= 4 is 5.97 Å². The largest absolute Gasteiger partial charge is 0.481 e. The molecule has 1 atom stereocenters. The van der Waals surface area contributed by atoms with E-state index in [1.165, 1.54) is 0 Å². The Hall–Kier alpha value is -0.570. The fraction of sp³-hybridized carbons (Fsp3) is 0.889. The highest BCUT2D eigenvalue weighted by Crippen LogP contribution is 2.35. The van der Waals surface area contributed by atoms with E-state index in [-0.39, 0.29) is 11.8 Å². The number of hydrogen-bond donors (Lipinski definition) is 1. The zero-order valence-electron chi connectivity index (χ0n) is 7.51. The molecule has 1 aliphatic rings. The van der Waals surface area contributed by atoms with Gasteiger partial charge in [-0.3, -0.25) is 4.79 Å². The van der Waals surface area contributed by atoms with Crippen molar-refractivity contribution in [1.82, 2.24) is 0 Å². The van der Waals surface area contributed by atoms with Gasteiger partial charge in [-0.15, -0.1) is 0 Å². The second-order valence-electron chi connectivity index (χ2n) is 3.58. The number of carboxylic acid groups (broad SMARTS) is 1. The molecule has 0 aromatic rings. The molecule has 0 radical (unpaired) electrons. The molecule has 1 rings (SSSR count). The van der Waals surface area contributed by atoms with Gasteiger partial charge in [0.05, 0.1) is 13.0 Å². The molecule has 0 aromatic heterocycles. The quantitative estimate of drug-likeness (QED) is 0.704. The van der Waals surface area contributed by atoms with E-state index in [9.17, 15) is 4.79 Å². The monoisotopic (exact) mass is 172 g/mol. The molecule has 0 spiro atoms. The summed E-state index contributed by atoms with van der Waals surface area (Å²) < 4.78 is 5.31. The molecule has 0 amide bonds. The van der Waals surface area contributed by atoms with Crippen LogP contribution in [0.5, 0.6) is 0 Å². The van der Waals surface area contributed by atoms with Crippen molar-refractivity contribution in [2.75, 3.05) is 13.2 Å². The lowest BCUT2D eigenvalue weighted by atomic mass is 9.77. The van der Waals surface area contributed by atoms with Gasteiger partial charge in [-0.1, -0.05) is 6.92 Å². The average molecular weight is 172 g/mol. The van der Waals surface area contributed by atoms with Crippen molar-refractivity contribution in [2.45, 2.75) is 32.6 Å². The zero-order valence-corrected chi connectivity index (χ0v) is 7.51. The Balaban J connectivity index is 2.53. The summed E-state index contributed by atoms with van der Waals surface area (Å²) in [6.45, 7) is 3.45. The molecule has 1 aliphatic heterocycles. The van der Waals surface area contributed by atoms with Gasteiger partial charge in [-0.05, 0) is 19.3 Å². The van der Waals surface area contributed by atoms with Gasteiger partial charge in [-0.25, -0.2) is 0 Å². The van der Waals surface area contributed by atoms with Crippen LogP contribution in [-0.2, 0) is 9.53 Å². The van der Waals surface area contributed by atoms with Gasteiger partial charge in [0.1, 0.15) is 0 Å². The van der Waals surface area contributed by atoms with E-state index in [1.54, 1.807) is 0 Å². The van der Waals surface area contributed by atoms with Crippen LogP contribution in [0.4, 0.5) is 0 Å². The minimum Gasteiger partial charge on any atom is -0.481 e. The summed E-state index contributed by atoms with van der Waals surface area (Å²) in [4.78, 5) is 10.6. The first kappa shape index (κ1) is 9.52. The zero-order chi connectivity index (χ0) is 9.03. The average Bonchev–Trinajstić information content (AvgIpc) is 2.05. The number of carboxylic acids is 1. The van der Waals surface area contributed by atoms with Crippen molar-refractivity contribution in [3.63, 3.8) is 0 Å². The van der Waals surface area contributed by atoms with E-state index in [4.69, 9.17) is 9.84 Å². The fourth-order valence-corrected chi connectivity index (χ4v) is 1.77. The predicted molar refractivity (Wildman–Crippen MR) is 45.0 cm³/mol. The number of rotatable bonds is 3. The first-order valence-corrected chi connectivity index (χ1v) is 4.48. The third-order valence-corrected chi connectivity index (χ3v) is 2.68. The number of carbonyl (C=O) groups is 1. The Morgan fingerprint density at radius 3 is 2.83 bits per heavy atom. The van der Waals surface area contributed by atoms with E-state index < -0.39 is 5.97 Å². The summed E-state index contributed by atoms with van der Waals surface area (Å²) in [5.74, 6) is -0.706. The van der Waals surface area contributed by atoms with Crippen LogP contribution >= 0.6 is 0 Å². The third-order valence-electron chi connectivity index (χ3n) is 2.68. The maximum Gasteiger partial charge on any atom is 0.303 e. The molecule has 0 bridgehead atoms. The van der Waals surface area contributed by atoms with Gasteiger partial charge in [0.15, 0.2) is 0 Å². The summed E-state index contributed by atoms with van der Waals surface area (Å²) in [6, 6.07) is 0. The molecule has 3 heteroatoms. The minimum atomic E-state index is -0.706. The molecule has 1 saturated heterocycles. The topological polar surface area (TPSA) is 46.5 Å². The van der Waals surface area contributed by atoms with Crippen LogP contribution in [0.25, 0.3) is 0 Å². The van der Waals surface area contributed by atoms with Gasteiger partial charge < -0.3 is 9.84 Å². The van der Waals surface area contributed by atoms with Crippen molar-refractivity contribution in [1.29, 1.82) is 0 Å². The number of hydrogen-bond acceptors (Lipinski definition) is 2. The second kappa shape index (κ2) is 3.90. The van der Waals surface area contributed by atoms with Crippen LogP contribution in [0, 0.1) is 5.41 Å². The van der Waals surface area contributed by atoms with Crippen LogP contribution in [-0.4, -0.2) is 24.3 Å². The molecule has 70 valence electrons. The Bertz CT molecular complexity index is 159. The SMILES string of the molecule is CCC1(CC(=O)O)CCCOC1. The maximum absolute atomic E-state index is 10.6. The van der Waals surface area contributed by atoms with E-state index in [0.29, 0.717) is 6.61 Å². The van der Waals surface area contributed by atoms with Crippen LogP contribution in [0.15, 0.2) is 0 Å². The Kier molecular flexibility index (Phi) is 3.09. The van der Waals surface area contributed by atoms with Gasteiger partial charge >= 0.3 is 5.97 Å². The summed E-state index contributed by atoms with van der Waals surface area (Å²) in [5.41, 5.74) is -0.0793. The second-order valence-corrected chi connectivity index (χ2v) is 3.58. The van der Waals surface area contributed by atoms with Crippen LogP contribution in [0.3, 0.4) is 0 Å². The van der Waals surface area contributed by atoms with E-state index in [0.717, 1.165) is 25.9 Å². The lowest BCUT2D eigenvalue weighted by molar-refractivity contribution is -0.142.